The van der Waals surface area contributed by atoms with E-state index in [4.69, 9.17) is 15.1 Å². The lowest BCUT2D eigenvalue weighted by molar-refractivity contribution is -0.143. The average molecular weight is 472 g/mol. The Morgan fingerprint density at radius 3 is 2.47 bits per heavy atom. The van der Waals surface area contributed by atoms with Crippen molar-refractivity contribution in [2.24, 2.45) is 5.92 Å². The van der Waals surface area contributed by atoms with E-state index in [1.54, 1.807) is 18.5 Å². The summed E-state index contributed by atoms with van der Waals surface area (Å²) in [5.41, 5.74) is 4.23. The standard InChI is InChI=1S/C25H21N5O3S/c26-12-15-1-10-21-22(11-15)34-25(30-21)29-19-6-2-16(3-7-19)18-13-27-24(28-14-18)33-20-8-4-17(5-9-20)23(31)32/h1-3,6-7,10-11,13-14,17,20H,4-5,8-9H2,(H,29,30)(H,31,32). The molecule has 1 aliphatic carbocycles. The fourth-order valence-electron chi connectivity index (χ4n) is 4.02. The highest BCUT2D eigenvalue weighted by Crippen LogP contribution is 2.30. The number of carboxylic acids is 1. The number of nitriles is 1. The van der Waals surface area contributed by atoms with Gasteiger partial charge >= 0.3 is 12.0 Å². The lowest BCUT2D eigenvalue weighted by atomic mass is 9.87. The Hall–Kier alpha value is -4.03. The van der Waals surface area contributed by atoms with Crippen LogP contribution in [0.15, 0.2) is 54.9 Å². The third-order valence-electron chi connectivity index (χ3n) is 5.91. The summed E-state index contributed by atoms with van der Waals surface area (Å²) in [7, 11) is 0. The van der Waals surface area contributed by atoms with Crippen LogP contribution in [0.3, 0.4) is 0 Å². The first-order chi connectivity index (χ1) is 16.6. The highest BCUT2D eigenvalue weighted by atomic mass is 32.1. The number of carbonyl (C=O) groups is 1. The van der Waals surface area contributed by atoms with Gasteiger partial charge in [0.05, 0.1) is 27.8 Å². The fourth-order valence-corrected chi connectivity index (χ4v) is 4.95. The second-order valence-electron chi connectivity index (χ2n) is 8.20. The molecule has 5 rings (SSSR count). The van der Waals surface area contributed by atoms with Crippen LogP contribution < -0.4 is 10.1 Å². The van der Waals surface area contributed by atoms with E-state index >= 15 is 0 Å². The minimum absolute atomic E-state index is 0.0409. The Morgan fingerprint density at radius 1 is 1.06 bits per heavy atom. The Labute approximate surface area is 199 Å². The predicted molar refractivity (Wildman–Crippen MR) is 129 cm³/mol. The molecule has 0 aliphatic heterocycles. The maximum absolute atomic E-state index is 11.1. The second-order valence-corrected chi connectivity index (χ2v) is 9.23. The van der Waals surface area contributed by atoms with Crippen molar-refractivity contribution in [1.29, 1.82) is 5.26 Å². The summed E-state index contributed by atoms with van der Waals surface area (Å²) in [5, 5.41) is 22.2. The SMILES string of the molecule is N#Cc1ccc2nc(Nc3ccc(-c4cnc(OC5CCC(C(=O)O)CC5)nc4)cc3)sc2c1. The van der Waals surface area contributed by atoms with Gasteiger partial charge in [0.15, 0.2) is 5.13 Å². The summed E-state index contributed by atoms with van der Waals surface area (Å²) in [6, 6.07) is 15.8. The lowest BCUT2D eigenvalue weighted by Gasteiger charge is -2.25. The first-order valence-electron chi connectivity index (χ1n) is 11.0. The minimum Gasteiger partial charge on any atom is -0.481 e. The number of hydrogen-bond donors (Lipinski definition) is 2. The summed E-state index contributed by atoms with van der Waals surface area (Å²) >= 11 is 1.50. The number of nitrogens with zero attached hydrogens (tertiary/aromatic N) is 4. The summed E-state index contributed by atoms with van der Waals surface area (Å²) in [4.78, 5) is 24.3. The summed E-state index contributed by atoms with van der Waals surface area (Å²) in [6.07, 6.45) is 6.06. The number of carboxylic acid groups (broad SMARTS) is 1. The van der Waals surface area contributed by atoms with Gasteiger partial charge in [0.1, 0.15) is 6.10 Å². The molecule has 34 heavy (non-hydrogen) atoms. The van der Waals surface area contributed by atoms with E-state index in [0.717, 1.165) is 32.2 Å². The van der Waals surface area contributed by atoms with Gasteiger partial charge in [0.25, 0.3) is 0 Å². The molecule has 2 heterocycles. The van der Waals surface area contributed by atoms with Crippen LogP contribution in [0.25, 0.3) is 21.3 Å². The third-order valence-corrected chi connectivity index (χ3v) is 6.84. The minimum atomic E-state index is -0.727. The largest absolute Gasteiger partial charge is 0.481 e. The summed E-state index contributed by atoms with van der Waals surface area (Å²) < 4.78 is 6.82. The first kappa shape index (κ1) is 21.8. The zero-order valence-electron chi connectivity index (χ0n) is 18.1. The molecule has 0 bridgehead atoms. The molecule has 2 aromatic carbocycles. The molecule has 2 N–H and O–H groups in total. The number of fused-ring (bicyclic) bond motifs is 1. The Bertz CT molecular complexity index is 1350. The molecule has 0 atom stereocenters. The van der Waals surface area contributed by atoms with Crippen molar-refractivity contribution < 1.29 is 14.6 Å². The number of nitrogens with one attached hydrogen (secondary N) is 1. The summed E-state index contributed by atoms with van der Waals surface area (Å²) in [5.74, 6) is -0.999. The van der Waals surface area contributed by atoms with Crippen molar-refractivity contribution in [3.63, 3.8) is 0 Å². The van der Waals surface area contributed by atoms with E-state index in [0.29, 0.717) is 37.3 Å². The highest BCUT2D eigenvalue weighted by Gasteiger charge is 2.27. The molecule has 2 aromatic heterocycles. The lowest BCUT2D eigenvalue weighted by Crippen LogP contribution is -2.28. The van der Waals surface area contributed by atoms with E-state index in [1.807, 2.05) is 36.4 Å². The normalized spacial score (nSPS) is 17.7. The number of hydrogen-bond acceptors (Lipinski definition) is 8. The van der Waals surface area contributed by atoms with E-state index in [1.165, 1.54) is 11.3 Å². The van der Waals surface area contributed by atoms with Crippen LogP contribution in [-0.2, 0) is 4.79 Å². The van der Waals surface area contributed by atoms with Crippen LogP contribution in [-0.4, -0.2) is 32.1 Å². The molecule has 1 fully saturated rings. The van der Waals surface area contributed by atoms with Gasteiger partial charge in [-0.05, 0) is 61.6 Å². The number of benzene rings is 2. The molecule has 170 valence electrons. The smallest absolute Gasteiger partial charge is 0.316 e. The quantitative estimate of drug-likeness (QED) is 0.384. The van der Waals surface area contributed by atoms with Crippen molar-refractivity contribution >= 4 is 38.3 Å². The number of ether oxygens (including phenoxy) is 1. The monoisotopic (exact) mass is 471 g/mol. The molecule has 8 nitrogen and oxygen atoms in total. The van der Waals surface area contributed by atoms with Crippen LogP contribution in [0, 0.1) is 17.2 Å². The van der Waals surface area contributed by atoms with E-state index in [-0.39, 0.29) is 12.0 Å². The van der Waals surface area contributed by atoms with Gasteiger partial charge in [-0.15, -0.1) is 0 Å². The van der Waals surface area contributed by atoms with Gasteiger partial charge in [-0.3, -0.25) is 4.79 Å². The van der Waals surface area contributed by atoms with Gasteiger partial charge in [-0.2, -0.15) is 5.26 Å². The Morgan fingerprint density at radius 2 is 1.79 bits per heavy atom. The van der Waals surface area contributed by atoms with Crippen molar-refractivity contribution in [2.45, 2.75) is 31.8 Å². The Balaban J connectivity index is 1.21. The van der Waals surface area contributed by atoms with Crippen molar-refractivity contribution in [2.75, 3.05) is 5.32 Å². The van der Waals surface area contributed by atoms with Gasteiger partial charge in [-0.1, -0.05) is 23.5 Å². The summed E-state index contributed by atoms with van der Waals surface area (Å²) in [6.45, 7) is 0. The highest BCUT2D eigenvalue weighted by molar-refractivity contribution is 7.22. The van der Waals surface area contributed by atoms with Crippen LogP contribution in [0.1, 0.15) is 31.2 Å². The number of anilines is 2. The molecule has 9 heteroatoms. The van der Waals surface area contributed by atoms with Gasteiger partial charge in [-0.25, -0.2) is 15.0 Å². The van der Waals surface area contributed by atoms with Gasteiger partial charge in [0, 0.05) is 23.6 Å². The molecule has 1 saturated carbocycles. The van der Waals surface area contributed by atoms with E-state index in [9.17, 15) is 4.79 Å². The van der Waals surface area contributed by atoms with Crippen LogP contribution in [0.5, 0.6) is 6.01 Å². The van der Waals surface area contributed by atoms with Gasteiger partial charge < -0.3 is 15.2 Å². The molecule has 1 aliphatic rings. The predicted octanol–water partition coefficient (Wildman–Crippen LogP) is 5.39. The second kappa shape index (κ2) is 9.45. The zero-order valence-corrected chi connectivity index (χ0v) is 19.0. The average Bonchev–Trinajstić information content (AvgIpc) is 3.27. The van der Waals surface area contributed by atoms with Crippen molar-refractivity contribution in [1.82, 2.24) is 15.0 Å². The molecule has 0 radical (unpaired) electrons. The molecule has 0 unspecified atom stereocenters. The topological polar surface area (TPSA) is 121 Å². The van der Waals surface area contributed by atoms with Crippen molar-refractivity contribution in [3.8, 4) is 23.2 Å². The number of rotatable bonds is 6. The molecule has 4 aromatic rings. The molecule has 0 saturated heterocycles. The van der Waals surface area contributed by atoms with Crippen LogP contribution >= 0.6 is 11.3 Å². The molecular weight excluding hydrogens is 450 g/mol. The van der Waals surface area contributed by atoms with E-state index < -0.39 is 5.97 Å². The number of thiazole rings is 1. The first-order valence-corrected chi connectivity index (χ1v) is 11.8. The molecule has 0 spiro atoms. The maximum Gasteiger partial charge on any atom is 0.316 e. The molecule has 0 amide bonds. The number of aliphatic carboxylic acids is 1. The van der Waals surface area contributed by atoms with Crippen molar-refractivity contribution in [3.05, 3.63) is 60.4 Å². The van der Waals surface area contributed by atoms with E-state index in [2.05, 4.69) is 26.3 Å². The van der Waals surface area contributed by atoms with Gasteiger partial charge in [0.2, 0.25) is 0 Å². The fraction of sp³-hybridized carbons (Fsp3) is 0.240. The molecular formula is C25H21N5O3S. The zero-order chi connectivity index (χ0) is 23.5. The van der Waals surface area contributed by atoms with Crippen LogP contribution in [0.2, 0.25) is 0 Å². The third kappa shape index (κ3) is 4.82. The maximum atomic E-state index is 11.1. The number of aromatic nitrogens is 3. The Kier molecular flexibility index (Phi) is 6.06. The van der Waals surface area contributed by atoms with Crippen LogP contribution in [0.4, 0.5) is 10.8 Å².